The van der Waals surface area contributed by atoms with Gasteiger partial charge in [-0.25, -0.2) is 0 Å². The Hall–Kier alpha value is -6.38. The van der Waals surface area contributed by atoms with Gasteiger partial charge in [-0.3, -0.25) is 0 Å². The second-order valence-electron chi connectivity index (χ2n) is 14.2. The molecule has 1 aromatic heterocycles. The van der Waals surface area contributed by atoms with Crippen molar-refractivity contribution < 1.29 is 4.42 Å². The molecule has 8 aromatic carbocycles. The summed E-state index contributed by atoms with van der Waals surface area (Å²) in [5.41, 5.74) is 14.3. The average molecular weight is 654 g/mol. The summed E-state index contributed by atoms with van der Waals surface area (Å²) in [7, 11) is 0. The van der Waals surface area contributed by atoms with E-state index in [-0.39, 0.29) is 5.41 Å². The van der Waals surface area contributed by atoms with Crippen molar-refractivity contribution in [1.29, 1.82) is 0 Å². The van der Waals surface area contributed by atoms with Crippen molar-refractivity contribution in [3.8, 4) is 33.4 Å². The lowest BCUT2D eigenvalue weighted by Crippen LogP contribution is -2.16. The number of furan rings is 1. The molecule has 0 bridgehead atoms. The van der Waals surface area contributed by atoms with Crippen molar-refractivity contribution >= 4 is 49.6 Å². The molecule has 2 nitrogen and oxygen atoms in total. The maximum absolute atomic E-state index is 5.82. The maximum atomic E-state index is 5.82. The number of rotatable bonds is 5. The summed E-state index contributed by atoms with van der Waals surface area (Å²) < 4.78 is 5.82. The van der Waals surface area contributed by atoms with Gasteiger partial charge in [0.2, 0.25) is 0 Å². The molecular weight excluding hydrogens is 619 g/mol. The molecule has 0 atom stereocenters. The van der Waals surface area contributed by atoms with Crippen LogP contribution in [0.4, 0.5) is 17.1 Å². The molecule has 242 valence electrons. The zero-order chi connectivity index (χ0) is 34.1. The molecule has 0 unspecified atom stereocenters. The van der Waals surface area contributed by atoms with Crippen LogP contribution < -0.4 is 4.90 Å². The van der Waals surface area contributed by atoms with Crippen LogP contribution in [0.25, 0.3) is 65.9 Å². The van der Waals surface area contributed by atoms with E-state index in [2.05, 4.69) is 183 Å². The fraction of sp³-hybridized carbons (Fsp3) is 0.0612. The van der Waals surface area contributed by atoms with E-state index in [4.69, 9.17) is 4.42 Å². The lowest BCUT2D eigenvalue weighted by Gasteiger charge is -2.29. The molecule has 0 amide bonds. The Labute approximate surface area is 297 Å². The third-order valence-electron chi connectivity index (χ3n) is 10.9. The highest BCUT2D eigenvalue weighted by Crippen LogP contribution is 2.51. The van der Waals surface area contributed by atoms with Gasteiger partial charge in [0, 0.05) is 33.1 Å². The van der Waals surface area contributed by atoms with Gasteiger partial charge in [0.05, 0.1) is 12.0 Å². The maximum Gasteiger partial charge on any atom is 0.141 e. The first-order chi connectivity index (χ1) is 25.0. The van der Waals surface area contributed by atoms with E-state index in [1.807, 2.05) is 6.07 Å². The standard InChI is InChI=1S/C49H35NO/c1-49(2)45-17-8-7-14-42(45)43-27-26-38(31-46(43)49)50(47-30-36-10-3-4-12-39(36)41-13-5-6-15-44(41)47)37-24-22-33(23-25-37)32-18-20-34(21-19-32)40-16-9-11-35-28-29-51-48(35)40/h3-31H,1-2H3. The lowest BCUT2D eigenvalue weighted by atomic mass is 9.82. The van der Waals surface area contributed by atoms with E-state index in [1.54, 1.807) is 6.26 Å². The molecule has 10 rings (SSSR count). The summed E-state index contributed by atoms with van der Waals surface area (Å²) in [6.07, 6.45) is 1.76. The highest BCUT2D eigenvalue weighted by molar-refractivity contribution is 6.14. The van der Waals surface area contributed by atoms with Crippen molar-refractivity contribution in [1.82, 2.24) is 0 Å². The van der Waals surface area contributed by atoms with Crippen LogP contribution in [0, 0.1) is 0 Å². The number of hydrogen-bond acceptors (Lipinski definition) is 2. The minimum atomic E-state index is -0.0997. The summed E-state index contributed by atoms with van der Waals surface area (Å²) in [6.45, 7) is 4.71. The third-order valence-corrected chi connectivity index (χ3v) is 10.9. The highest BCUT2D eigenvalue weighted by atomic mass is 16.3. The molecule has 0 aliphatic heterocycles. The first-order valence-electron chi connectivity index (χ1n) is 17.7. The molecule has 0 spiro atoms. The van der Waals surface area contributed by atoms with Crippen LogP contribution in [0.3, 0.4) is 0 Å². The van der Waals surface area contributed by atoms with Crippen molar-refractivity contribution in [2.45, 2.75) is 19.3 Å². The quantitative estimate of drug-likeness (QED) is 0.172. The smallest absolute Gasteiger partial charge is 0.141 e. The summed E-state index contributed by atoms with van der Waals surface area (Å²) in [5.74, 6) is 0. The molecule has 1 aliphatic carbocycles. The van der Waals surface area contributed by atoms with Gasteiger partial charge in [0.1, 0.15) is 5.58 Å². The summed E-state index contributed by atoms with van der Waals surface area (Å²) in [5, 5.41) is 6.10. The number of fused-ring (bicyclic) bond motifs is 7. The zero-order valence-corrected chi connectivity index (χ0v) is 28.6. The van der Waals surface area contributed by atoms with Gasteiger partial charge in [0.25, 0.3) is 0 Å². The minimum Gasteiger partial charge on any atom is -0.464 e. The molecule has 0 saturated heterocycles. The fourth-order valence-electron chi connectivity index (χ4n) is 8.34. The molecular formula is C49H35NO. The molecule has 9 aromatic rings. The topological polar surface area (TPSA) is 16.4 Å². The van der Waals surface area contributed by atoms with Gasteiger partial charge < -0.3 is 9.32 Å². The Bertz CT molecular complexity index is 2770. The molecule has 2 heteroatoms. The Balaban J connectivity index is 1.11. The van der Waals surface area contributed by atoms with E-state index in [1.165, 1.54) is 60.6 Å². The highest BCUT2D eigenvalue weighted by Gasteiger charge is 2.35. The van der Waals surface area contributed by atoms with E-state index >= 15 is 0 Å². The zero-order valence-electron chi connectivity index (χ0n) is 28.6. The number of benzene rings is 8. The first kappa shape index (κ1) is 29.5. The summed E-state index contributed by atoms with van der Waals surface area (Å²) >= 11 is 0. The second-order valence-corrected chi connectivity index (χ2v) is 14.2. The predicted octanol–water partition coefficient (Wildman–Crippen LogP) is 13.8. The Morgan fingerprint density at radius 1 is 0.431 bits per heavy atom. The van der Waals surface area contributed by atoms with Crippen LogP contribution in [0.15, 0.2) is 181 Å². The van der Waals surface area contributed by atoms with Gasteiger partial charge in [-0.15, -0.1) is 0 Å². The normalized spacial score (nSPS) is 13.1. The summed E-state index contributed by atoms with van der Waals surface area (Å²) in [4.78, 5) is 2.45. The first-order valence-corrected chi connectivity index (χ1v) is 17.7. The predicted molar refractivity (Wildman–Crippen MR) is 214 cm³/mol. The van der Waals surface area contributed by atoms with Gasteiger partial charge in [-0.2, -0.15) is 0 Å². The summed E-state index contributed by atoms with van der Waals surface area (Å²) in [6, 6.07) is 62.0. The van der Waals surface area contributed by atoms with Crippen LogP contribution in [-0.2, 0) is 5.41 Å². The molecule has 1 heterocycles. The van der Waals surface area contributed by atoms with Gasteiger partial charge in [-0.05, 0) is 91.5 Å². The van der Waals surface area contributed by atoms with Crippen molar-refractivity contribution in [3.05, 3.63) is 187 Å². The Morgan fingerprint density at radius 3 is 1.86 bits per heavy atom. The molecule has 51 heavy (non-hydrogen) atoms. The molecule has 0 radical (unpaired) electrons. The van der Waals surface area contributed by atoms with E-state index in [0.29, 0.717) is 0 Å². The van der Waals surface area contributed by atoms with Crippen LogP contribution in [0.5, 0.6) is 0 Å². The van der Waals surface area contributed by atoms with Gasteiger partial charge in [-0.1, -0.05) is 147 Å². The molecule has 0 saturated carbocycles. The molecule has 0 fully saturated rings. The average Bonchev–Trinajstić information content (AvgIpc) is 3.76. The van der Waals surface area contributed by atoms with Crippen LogP contribution in [-0.4, -0.2) is 0 Å². The number of hydrogen-bond donors (Lipinski definition) is 0. The fourth-order valence-corrected chi connectivity index (χ4v) is 8.34. The van der Waals surface area contributed by atoms with Gasteiger partial charge >= 0.3 is 0 Å². The number of nitrogens with zero attached hydrogens (tertiary/aromatic N) is 1. The van der Waals surface area contributed by atoms with Gasteiger partial charge in [0.15, 0.2) is 0 Å². The van der Waals surface area contributed by atoms with E-state index < -0.39 is 0 Å². The lowest BCUT2D eigenvalue weighted by molar-refractivity contribution is 0.617. The van der Waals surface area contributed by atoms with Crippen molar-refractivity contribution in [2.75, 3.05) is 4.90 Å². The number of para-hydroxylation sites is 1. The second kappa shape index (κ2) is 11.3. The SMILES string of the molecule is CC1(C)c2ccccc2-c2ccc(N(c3ccc(-c4ccc(-c5cccc6ccoc56)cc4)cc3)c3cc4ccccc4c4ccccc34)cc21. The van der Waals surface area contributed by atoms with Crippen LogP contribution in [0.2, 0.25) is 0 Å². The number of anilines is 3. The Kier molecular flexibility index (Phi) is 6.56. The molecule has 1 aliphatic rings. The van der Waals surface area contributed by atoms with Crippen LogP contribution in [0.1, 0.15) is 25.0 Å². The molecule has 0 N–H and O–H groups in total. The van der Waals surface area contributed by atoms with Crippen molar-refractivity contribution in [3.63, 3.8) is 0 Å². The largest absolute Gasteiger partial charge is 0.464 e. The Morgan fingerprint density at radius 2 is 1.04 bits per heavy atom. The monoisotopic (exact) mass is 653 g/mol. The third kappa shape index (κ3) is 4.64. The van der Waals surface area contributed by atoms with Crippen molar-refractivity contribution in [2.24, 2.45) is 0 Å². The van der Waals surface area contributed by atoms with Crippen LogP contribution >= 0.6 is 0 Å². The minimum absolute atomic E-state index is 0.0997. The van der Waals surface area contributed by atoms with E-state index in [0.717, 1.165) is 33.5 Å². The van der Waals surface area contributed by atoms with E-state index in [9.17, 15) is 0 Å².